The van der Waals surface area contributed by atoms with Gasteiger partial charge in [-0.05, 0) is 35.9 Å². The van der Waals surface area contributed by atoms with Crippen LogP contribution in [-0.4, -0.2) is 5.97 Å². The summed E-state index contributed by atoms with van der Waals surface area (Å²) in [5, 5.41) is 8.75. The van der Waals surface area contributed by atoms with Crippen molar-refractivity contribution in [1.29, 1.82) is 5.26 Å². The summed E-state index contributed by atoms with van der Waals surface area (Å²) in [7, 11) is 0. The van der Waals surface area contributed by atoms with Gasteiger partial charge in [-0.1, -0.05) is 12.1 Å². The molecule has 0 N–H and O–H groups in total. The van der Waals surface area contributed by atoms with E-state index in [4.69, 9.17) is 14.4 Å². The molecule has 0 aliphatic carbocycles. The minimum absolute atomic E-state index is 0.136. The van der Waals surface area contributed by atoms with Crippen LogP contribution in [0.15, 0.2) is 53.2 Å². The molecule has 1 aromatic heterocycles. The van der Waals surface area contributed by atoms with Crippen LogP contribution in [0.3, 0.4) is 0 Å². The Morgan fingerprint density at radius 2 is 2.26 bits per heavy atom. The van der Waals surface area contributed by atoms with Gasteiger partial charge in [-0.2, -0.15) is 5.26 Å². The summed E-state index contributed by atoms with van der Waals surface area (Å²) in [5.41, 5.74) is 1.32. The molecule has 94 valence electrons. The smallest absolute Gasteiger partial charge is 0.331 e. The number of furan rings is 1. The lowest BCUT2D eigenvalue weighted by molar-refractivity contribution is -0.138. The maximum atomic E-state index is 11.5. The number of nitriles is 1. The number of hydrogen-bond acceptors (Lipinski definition) is 4. The van der Waals surface area contributed by atoms with E-state index in [1.807, 2.05) is 6.07 Å². The van der Waals surface area contributed by atoms with Gasteiger partial charge < -0.3 is 9.15 Å². The molecule has 2 aromatic rings. The molecule has 0 saturated heterocycles. The van der Waals surface area contributed by atoms with Crippen LogP contribution in [0, 0.1) is 11.3 Å². The molecule has 2 rings (SSSR count). The van der Waals surface area contributed by atoms with Crippen LogP contribution in [0.2, 0.25) is 0 Å². The zero-order chi connectivity index (χ0) is 13.5. The Kier molecular flexibility index (Phi) is 4.14. The summed E-state index contributed by atoms with van der Waals surface area (Å²) in [5.74, 6) is 0.127. The molecule has 0 unspecified atom stereocenters. The van der Waals surface area contributed by atoms with Gasteiger partial charge in [0, 0.05) is 6.08 Å². The summed E-state index contributed by atoms with van der Waals surface area (Å²) in [4.78, 5) is 11.5. The van der Waals surface area contributed by atoms with Crippen molar-refractivity contribution in [2.24, 2.45) is 0 Å². The largest absolute Gasteiger partial charge is 0.465 e. The van der Waals surface area contributed by atoms with Crippen LogP contribution in [0.4, 0.5) is 0 Å². The molecular weight excluding hydrogens is 242 g/mol. The molecule has 0 amide bonds. The average molecular weight is 253 g/mol. The summed E-state index contributed by atoms with van der Waals surface area (Å²) < 4.78 is 10.1. The van der Waals surface area contributed by atoms with Gasteiger partial charge in [0.15, 0.2) is 0 Å². The number of hydrogen-bond donors (Lipinski definition) is 0. The lowest BCUT2D eigenvalue weighted by atomic mass is 10.1. The van der Waals surface area contributed by atoms with Crippen LogP contribution >= 0.6 is 0 Å². The quantitative estimate of drug-likeness (QED) is 0.620. The molecule has 4 nitrogen and oxygen atoms in total. The van der Waals surface area contributed by atoms with Gasteiger partial charge >= 0.3 is 5.97 Å². The van der Waals surface area contributed by atoms with Crippen LogP contribution in [0.5, 0.6) is 0 Å². The Morgan fingerprint density at radius 3 is 3.00 bits per heavy atom. The zero-order valence-electron chi connectivity index (χ0n) is 10.1. The predicted octanol–water partition coefficient (Wildman–Crippen LogP) is 2.91. The molecule has 1 heterocycles. The molecule has 4 heteroatoms. The molecule has 0 spiro atoms. The summed E-state index contributed by atoms with van der Waals surface area (Å²) in [6, 6.07) is 12.4. The van der Waals surface area contributed by atoms with Crippen LogP contribution in [-0.2, 0) is 16.1 Å². The Bertz CT molecular complexity index is 621. The normalized spacial score (nSPS) is 10.3. The summed E-state index contributed by atoms with van der Waals surface area (Å²) in [6.07, 6.45) is 4.36. The van der Waals surface area contributed by atoms with Gasteiger partial charge in [0.25, 0.3) is 0 Å². The topological polar surface area (TPSA) is 63.2 Å². The van der Waals surface area contributed by atoms with Crippen molar-refractivity contribution in [2.75, 3.05) is 0 Å². The second-order valence-electron chi connectivity index (χ2n) is 3.77. The highest BCUT2D eigenvalue weighted by Crippen LogP contribution is 2.07. The van der Waals surface area contributed by atoms with Gasteiger partial charge in [0.2, 0.25) is 0 Å². The van der Waals surface area contributed by atoms with Gasteiger partial charge in [-0.25, -0.2) is 4.79 Å². The van der Waals surface area contributed by atoms with E-state index < -0.39 is 5.97 Å². The van der Waals surface area contributed by atoms with Crippen LogP contribution in [0.1, 0.15) is 16.9 Å². The molecule has 0 aliphatic rings. The number of carbonyl (C=O) groups excluding carboxylic acids is 1. The molecule has 0 radical (unpaired) electrons. The first-order valence-corrected chi connectivity index (χ1v) is 5.65. The van der Waals surface area contributed by atoms with Crippen molar-refractivity contribution in [3.05, 3.63) is 65.6 Å². The Balaban J connectivity index is 1.88. The van der Waals surface area contributed by atoms with E-state index in [1.54, 1.807) is 36.4 Å². The lowest BCUT2D eigenvalue weighted by Gasteiger charge is -2.02. The van der Waals surface area contributed by atoms with Crippen molar-refractivity contribution >= 4 is 12.0 Å². The summed E-state index contributed by atoms with van der Waals surface area (Å²) >= 11 is 0. The first-order chi connectivity index (χ1) is 9.28. The van der Waals surface area contributed by atoms with Crippen molar-refractivity contribution in [3.8, 4) is 6.07 Å². The van der Waals surface area contributed by atoms with Crippen molar-refractivity contribution in [1.82, 2.24) is 0 Å². The third kappa shape index (κ3) is 3.86. The molecule has 0 saturated carbocycles. The number of carbonyl (C=O) groups is 1. The fourth-order valence-electron chi connectivity index (χ4n) is 1.47. The van der Waals surface area contributed by atoms with E-state index >= 15 is 0 Å². The van der Waals surface area contributed by atoms with E-state index in [-0.39, 0.29) is 6.61 Å². The standard InChI is InChI=1S/C15H11NO3/c16-10-12-3-1-4-13(9-12)11-19-15(17)7-6-14-5-2-8-18-14/h1-9H,11H2/b7-6+. The molecule has 0 aliphatic heterocycles. The molecule has 19 heavy (non-hydrogen) atoms. The number of benzene rings is 1. The van der Waals surface area contributed by atoms with E-state index in [9.17, 15) is 4.79 Å². The Hall–Kier alpha value is -2.80. The van der Waals surface area contributed by atoms with Crippen LogP contribution < -0.4 is 0 Å². The maximum absolute atomic E-state index is 11.5. The van der Waals surface area contributed by atoms with E-state index in [0.29, 0.717) is 11.3 Å². The Labute approximate surface area is 110 Å². The highest BCUT2D eigenvalue weighted by Gasteiger charge is 2.00. The molecule has 0 atom stereocenters. The summed E-state index contributed by atoms with van der Waals surface area (Å²) in [6.45, 7) is 0.136. The van der Waals surface area contributed by atoms with Gasteiger partial charge in [-0.15, -0.1) is 0 Å². The fourth-order valence-corrected chi connectivity index (χ4v) is 1.47. The highest BCUT2D eigenvalue weighted by atomic mass is 16.5. The molecule has 0 fully saturated rings. The SMILES string of the molecule is N#Cc1cccc(COC(=O)/C=C/c2ccco2)c1. The van der Waals surface area contributed by atoms with E-state index in [0.717, 1.165) is 5.56 Å². The minimum Gasteiger partial charge on any atom is -0.465 e. The van der Waals surface area contributed by atoms with Crippen LogP contribution in [0.25, 0.3) is 6.08 Å². The second-order valence-corrected chi connectivity index (χ2v) is 3.77. The third-order valence-electron chi connectivity index (χ3n) is 2.36. The number of esters is 1. The molecule has 1 aromatic carbocycles. The number of nitrogens with zero attached hydrogens (tertiary/aromatic N) is 1. The minimum atomic E-state index is -0.459. The first kappa shape index (κ1) is 12.7. The molecule has 0 bridgehead atoms. The highest BCUT2D eigenvalue weighted by molar-refractivity contribution is 5.86. The first-order valence-electron chi connectivity index (χ1n) is 5.65. The average Bonchev–Trinajstić information content (AvgIpc) is 2.96. The predicted molar refractivity (Wildman–Crippen MR) is 68.7 cm³/mol. The Morgan fingerprint density at radius 1 is 1.37 bits per heavy atom. The van der Waals surface area contributed by atoms with Crippen molar-refractivity contribution in [2.45, 2.75) is 6.61 Å². The zero-order valence-corrected chi connectivity index (χ0v) is 10.1. The number of rotatable bonds is 4. The van der Waals surface area contributed by atoms with Gasteiger partial charge in [0.05, 0.1) is 17.9 Å². The van der Waals surface area contributed by atoms with Crippen molar-refractivity contribution < 1.29 is 13.9 Å². The molecular formula is C15H11NO3. The van der Waals surface area contributed by atoms with Gasteiger partial charge in [0.1, 0.15) is 12.4 Å². The van der Waals surface area contributed by atoms with E-state index in [1.165, 1.54) is 18.4 Å². The fraction of sp³-hybridized carbons (Fsp3) is 0.0667. The maximum Gasteiger partial charge on any atom is 0.331 e. The third-order valence-corrected chi connectivity index (χ3v) is 2.36. The van der Waals surface area contributed by atoms with E-state index in [2.05, 4.69) is 0 Å². The van der Waals surface area contributed by atoms with Crippen molar-refractivity contribution in [3.63, 3.8) is 0 Å². The monoisotopic (exact) mass is 253 g/mol. The number of ether oxygens (including phenoxy) is 1. The van der Waals surface area contributed by atoms with Gasteiger partial charge in [-0.3, -0.25) is 0 Å². The lowest BCUT2D eigenvalue weighted by Crippen LogP contribution is -2.00. The second kappa shape index (κ2) is 6.22.